The van der Waals surface area contributed by atoms with E-state index in [-0.39, 0.29) is 18.6 Å². The quantitative estimate of drug-likeness (QED) is 0.684. The van der Waals surface area contributed by atoms with Gasteiger partial charge in [-0.05, 0) is 17.7 Å². The van der Waals surface area contributed by atoms with Crippen molar-refractivity contribution in [3.63, 3.8) is 0 Å². The van der Waals surface area contributed by atoms with Gasteiger partial charge in [0.2, 0.25) is 12.7 Å². The molecule has 0 spiro atoms. The van der Waals surface area contributed by atoms with Gasteiger partial charge in [-0.1, -0.05) is 6.07 Å². The van der Waals surface area contributed by atoms with Gasteiger partial charge in [-0.15, -0.1) is 0 Å². The minimum atomic E-state index is -0.0706. The first-order valence-electron chi connectivity index (χ1n) is 8.84. The van der Waals surface area contributed by atoms with E-state index in [9.17, 15) is 4.79 Å². The number of ether oxygens (including phenoxy) is 2. The highest BCUT2D eigenvalue weighted by Crippen LogP contribution is 2.32. The van der Waals surface area contributed by atoms with E-state index in [0.717, 1.165) is 17.1 Å². The third-order valence-electron chi connectivity index (χ3n) is 4.77. The van der Waals surface area contributed by atoms with Crippen LogP contribution in [0.3, 0.4) is 0 Å². The second kappa shape index (κ2) is 6.80. The van der Waals surface area contributed by atoms with Gasteiger partial charge in [0, 0.05) is 25.7 Å². The van der Waals surface area contributed by atoms with E-state index in [1.54, 1.807) is 11.0 Å². The van der Waals surface area contributed by atoms with Gasteiger partial charge in [0.25, 0.3) is 0 Å². The minimum Gasteiger partial charge on any atom is -0.454 e. The molecule has 0 aliphatic carbocycles. The van der Waals surface area contributed by atoms with Crippen molar-refractivity contribution in [1.82, 2.24) is 30.0 Å². The average molecular weight is 379 g/mol. The van der Waals surface area contributed by atoms with Gasteiger partial charge in [0.05, 0.1) is 5.92 Å². The Hall–Kier alpha value is -3.69. The largest absolute Gasteiger partial charge is 0.454 e. The number of amides is 1. The van der Waals surface area contributed by atoms with E-state index in [1.165, 1.54) is 12.7 Å². The molecule has 10 nitrogen and oxygen atoms in total. The fraction of sp³-hybridized carbons (Fsp3) is 0.278. The molecule has 0 radical (unpaired) electrons. The summed E-state index contributed by atoms with van der Waals surface area (Å²) in [5.74, 6) is 2.81. The monoisotopic (exact) mass is 379 g/mol. The predicted octanol–water partition coefficient (Wildman–Crippen LogP) is 0.539. The van der Waals surface area contributed by atoms with E-state index in [0.29, 0.717) is 31.2 Å². The van der Waals surface area contributed by atoms with Gasteiger partial charge >= 0.3 is 0 Å². The number of hydrogen-bond acceptors (Lipinski definition) is 8. The van der Waals surface area contributed by atoms with E-state index >= 15 is 0 Å². The van der Waals surface area contributed by atoms with Crippen molar-refractivity contribution >= 4 is 11.7 Å². The summed E-state index contributed by atoms with van der Waals surface area (Å²) in [6.45, 7) is 1.92. The van der Waals surface area contributed by atoms with Gasteiger partial charge in [0.1, 0.15) is 24.8 Å². The van der Waals surface area contributed by atoms with Crippen LogP contribution < -0.4 is 19.7 Å². The predicted molar refractivity (Wildman–Crippen MR) is 97.1 cm³/mol. The van der Waals surface area contributed by atoms with E-state index in [4.69, 9.17) is 9.47 Å². The SMILES string of the molecule is O=C(NCc1ccc2c(c1)OCO2)C1CN(c2cc(-n3cncn3)ncn2)C1. The van der Waals surface area contributed by atoms with Crippen LogP contribution in [0.5, 0.6) is 11.5 Å². The van der Waals surface area contributed by atoms with Crippen molar-refractivity contribution in [2.24, 2.45) is 5.92 Å². The lowest BCUT2D eigenvalue weighted by atomic mass is 9.99. The number of carbonyl (C=O) groups excluding carboxylic acids is 1. The number of hydrogen-bond donors (Lipinski definition) is 1. The summed E-state index contributed by atoms with van der Waals surface area (Å²) in [6, 6.07) is 7.50. The van der Waals surface area contributed by atoms with Gasteiger partial charge in [-0.25, -0.2) is 19.6 Å². The molecule has 5 rings (SSSR count). The molecule has 3 aromatic rings. The molecular formula is C18H17N7O3. The number of rotatable bonds is 5. The highest BCUT2D eigenvalue weighted by molar-refractivity contribution is 5.81. The molecule has 2 aliphatic rings. The Kier molecular flexibility index (Phi) is 4.00. The smallest absolute Gasteiger partial charge is 0.231 e. The molecule has 10 heteroatoms. The third-order valence-corrected chi connectivity index (χ3v) is 4.77. The van der Waals surface area contributed by atoms with Crippen LogP contribution >= 0.6 is 0 Å². The molecule has 0 saturated carbocycles. The van der Waals surface area contributed by atoms with Crippen LogP contribution in [0.25, 0.3) is 5.82 Å². The lowest BCUT2D eigenvalue weighted by Crippen LogP contribution is -2.54. The summed E-state index contributed by atoms with van der Waals surface area (Å²) in [5, 5.41) is 7.05. The van der Waals surface area contributed by atoms with Crippen LogP contribution in [-0.2, 0) is 11.3 Å². The number of fused-ring (bicyclic) bond motifs is 1. The molecule has 1 N–H and O–H groups in total. The van der Waals surface area contributed by atoms with Crippen LogP contribution in [-0.4, -0.2) is 50.5 Å². The number of carbonyl (C=O) groups is 1. The molecule has 0 atom stereocenters. The van der Waals surface area contributed by atoms with Crippen molar-refractivity contribution in [1.29, 1.82) is 0 Å². The maximum atomic E-state index is 12.4. The molecule has 4 heterocycles. The second-order valence-corrected chi connectivity index (χ2v) is 6.58. The standard InChI is InChI=1S/C18H17N7O3/c26-18(20-5-12-1-2-14-15(3-12)28-11-27-14)13-6-24(7-13)16-4-17(22-9-21-16)25-10-19-8-23-25/h1-4,8-10,13H,5-7,11H2,(H,20,26). The molecule has 2 aromatic heterocycles. The number of nitrogens with one attached hydrogen (secondary N) is 1. The molecule has 1 saturated heterocycles. The number of anilines is 1. The van der Waals surface area contributed by atoms with Gasteiger partial charge in [-0.2, -0.15) is 5.10 Å². The summed E-state index contributed by atoms with van der Waals surface area (Å²) >= 11 is 0. The third kappa shape index (κ3) is 3.08. The molecular weight excluding hydrogens is 362 g/mol. The first kappa shape index (κ1) is 16.5. The Morgan fingerprint density at radius 3 is 2.82 bits per heavy atom. The maximum absolute atomic E-state index is 12.4. The highest BCUT2D eigenvalue weighted by atomic mass is 16.7. The van der Waals surface area contributed by atoms with E-state index < -0.39 is 0 Å². The molecule has 142 valence electrons. The molecule has 28 heavy (non-hydrogen) atoms. The lowest BCUT2D eigenvalue weighted by molar-refractivity contribution is -0.125. The number of benzene rings is 1. The number of nitrogens with zero attached hydrogens (tertiary/aromatic N) is 6. The lowest BCUT2D eigenvalue weighted by Gasteiger charge is -2.39. The van der Waals surface area contributed by atoms with Gasteiger partial charge < -0.3 is 19.7 Å². The Morgan fingerprint density at radius 1 is 1.11 bits per heavy atom. The van der Waals surface area contributed by atoms with Crippen LogP contribution in [0.4, 0.5) is 5.82 Å². The number of aromatic nitrogens is 5. The zero-order valence-corrected chi connectivity index (χ0v) is 14.9. The van der Waals surface area contributed by atoms with Crippen molar-refractivity contribution in [3.8, 4) is 17.3 Å². The van der Waals surface area contributed by atoms with Gasteiger partial charge in [-0.3, -0.25) is 4.79 Å². The molecule has 0 bridgehead atoms. The Balaban J connectivity index is 1.16. The Labute approximate surface area is 160 Å². The fourth-order valence-corrected chi connectivity index (χ4v) is 3.18. The first-order valence-corrected chi connectivity index (χ1v) is 8.84. The fourth-order valence-electron chi connectivity index (χ4n) is 3.18. The second-order valence-electron chi connectivity index (χ2n) is 6.58. The molecule has 0 unspecified atom stereocenters. The molecule has 1 amide bonds. The Bertz CT molecular complexity index is 1000. The zero-order chi connectivity index (χ0) is 18.9. The molecule has 1 aromatic carbocycles. The van der Waals surface area contributed by atoms with Crippen LogP contribution in [0.1, 0.15) is 5.56 Å². The van der Waals surface area contributed by atoms with Crippen LogP contribution in [0.15, 0.2) is 43.2 Å². The molecule has 2 aliphatic heterocycles. The van der Waals surface area contributed by atoms with Gasteiger partial charge in [0.15, 0.2) is 17.3 Å². The summed E-state index contributed by atoms with van der Waals surface area (Å²) in [5.41, 5.74) is 0.974. The summed E-state index contributed by atoms with van der Waals surface area (Å²) in [7, 11) is 0. The van der Waals surface area contributed by atoms with Crippen molar-refractivity contribution in [3.05, 3.63) is 48.8 Å². The van der Waals surface area contributed by atoms with Crippen LogP contribution in [0, 0.1) is 5.92 Å². The van der Waals surface area contributed by atoms with E-state index in [2.05, 4.69) is 25.4 Å². The Morgan fingerprint density at radius 2 is 1.96 bits per heavy atom. The highest BCUT2D eigenvalue weighted by Gasteiger charge is 2.33. The maximum Gasteiger partial charge on any atom is 0.231 e. The van der Waals surface area contributed by atoms with Crippen molar-refractivity contribution in [2.75, 3.05) is 24.8 Å². The zero-order valence-electron chi connectivity index (χ0n) is 14.9. The summed E-state index contributed by atoms with van der Waals surface area (Å²) in [4.78, 5) is 26.8. The summed E-state index contributed by atoms with van der Waals surface area (Å²) in [6.07, 6.45) is 4.51. The van der Waals surface area contributed by atoms with Crippen molar-refractivity contribution < 1.29 is 14.3 Å². The summed E-state index contributed by atoms with van der Waals surface area (Å²) < 4.78 is 12.2. The topological polar surface area (TPSA) is 107 Å². The first-order chi connectivity index (χ1) is 13.8. The average Bonchev–Trinajstić information content (AvgIpc) is 3.37. The normalized spacial score (nSPS) is 15.4. The molecule has 1 fully saturated rings. The van der Waals surface area contributed by atoms with E-state index in [1.807, 2.05) is 29.2 Å². The van der Waals surface area contributed by atoms with Crippen molar-refractivity contribution in [2.45, 2.75) is 6.54 Å². The minimum absolute atomic E-state index is 0.0273. The van der Waals surface area contributed by atoms with Crippen LogP contribution in [0.2, 0.25) is 0 Å².